The van der Waals surface area contributed by atoms with Crippen molar-refractivity contribution in [1.82, 2.24) is 10.3 Å². The van der Waals surface area contributed by atoms with E-state index in [1.807, 2.05) is 24.5 Å². The first-order chi connectivity index (χ1) is 8.83. The molecular formula is C15H16N2O. The van der Waals surface area contributed by atoms with Crippen molar-refractivity contribution in [3.63, 3.8) is 0 Å². The van der Waals surface area contributed by atoms with Crippen LogP contribution in [0.2, 0.25) is 0 Å². The molecule has 1 aliphatic heterocycles. The van der Waals surface area contributed by atoms with Gasteiger partial charge in [0.05, 0.1) is 6.04 Å². The molecule has 2 heterocycles. The molecule has 3 nitrogen and oxygen atoms in total. The highest BCUT2D eigenvalue weighted by Gasteiger charge is 2.22. The minimum atomic E-state index is 0.279. The molecule has 0 saturated carbocycles. The van der Waals surface area contributed by atoms with Crippen molar-refractivity contribution >= 4 is 0 Å². The number of benzene rings is 1. The molecule has 0 radical (unpaired) electrons. The standard InChI is InChI=1S/C15H16N2O/c1-11-6-12(8-16-7-11)9-17-14-10-18-15-5-3-2-4-13(14)15/h2-8,14,17H,9-10H2,1H3. The maximum absolute atomic E-state index is 5.65. The topological polar surface area (TPSA) is 34.2 Å². The van der Waals surface area contributed by atoms with Crippen LogP contribution in [0.3, 0.4) is 0 Å². The van der Waals surface area contributed by atoms with Crippen molar-refractivity contribution in [3.05, 3.63) is 59.4 Å². The highest BCUT2D eigenvalue weighted by molar-refractivity contribution is 5.39. The van der Waals surface area contributed by atoms with E-state index >= 15 is 0 Å². The molecule has 92 valence electrons. The molecule has 1 aromatic carbocycles. The van der Waals surface area contributed by atoms with E-state index in [1.54, 1.807) is 0 Å². The van der Waals surface area contributed by atoms with Crippen LogP contribution >= 0.6 is 0 Å². The first kappa shape index (κ1) is 11.2. The summed E-state index contributed by atoms with van der Waals surface area (Å²) >= 11 is 0. The third-order valence-electron chi connectivity index (χ3n) is 3.18. The molecule has 0 fully saturated rings. The molecule has 1 aromatic heterocycles. The van der Waals surface area contributed by atoms with Crippen molar-refractivity contribution in [3.8, 4) is 5.75 Å². The van der Waals surface area contributed by atoms with Gasteiger partial charge >= 0.3 is 0 Å². The molecule has 2 aromatic rings. The summed E-state index contributed by atoms with van der Waals surface area (Å²) in [5.74, 6) is 0.998. The summed E-state index contributed by atoms with van der Waals surface area (Å²) in [5.41, 5.74) is 3.65. The molecule has 1 unspecified atom stereocenters. The summed E-state index contributed by atoms with van der Waals surface area (Å²) in [6.45, 7) is 3.58. The van der Waals surface area contributed by atoms with Gasteiger partial charge < -0.3 is 10.1 Å². The molecule has 1 aliphatic rings. The van der Waals surface area contributed by atoms with Crippen LogP contribution in [0.1, 0.15) is 22.7 Å². The number of fused-ring (bicyclic) bond motifs is 1. The zero-order valence-corrected chi connectivity index (χ0v) is 10.4. The van der Waals surface area contributed by atoms with Crippen LogP contribution in [0.4, 0.5) is 0 Å². The van der Waals surface area contributed by atoms with E-state index in [1.165, 1.54) is 16.7 Å². The number of pyridine rings is 1. The Balaban J connectivity index is 1.69. The van der Waals surface area contributed by atoms with E-state index in [-0.39, 0.29) is 6.04 Å². The number of hydrogen-bond donors (Lipinski definition) is 1. The molecule has 1 atom stereocenters. The zero-order chi connectivity index (χ0) is 12.4. The van der Waals surface area contributed by atoms with Crippen molar-refractivity contribution < 1.29 is 4.74 Å². The van der Waals surface area contributed by atoms with Gasteiger partial charge in [0.25, 0.3) is 0 Å². The normalized spacial score (nSPS) is 17.3. The molecule has 0 spiro atoms. The van der Waals surface area contributed by atoms with E-state index in [4.69, 9.17) is 4.74 Å². The summed E-state index contributed by atoms with van der Waals surface area (Å²) in [5, 5.41) is 3.52. The Morgan fingerprint density at radius 3 is 3.11 bits per heavy atom. The number of aromatic nitrogens is 1. The molecule has 0 amide bonds. The second kappa shape index (κ2) is 4.78. The molecule has 3 heteroatoms. The predicted molar refractivity (Wildman–Crippen MR) is 70.5 cm³/mol. The van der Waals surface area contributed by atoms with Gasteiger partial charge in [-0.05, 0) is 24.1 Å². The highest BCUT2D eigenvalue weighted by Crippen LogP contribution is 2.31. The third-order valence-corrected chi connectivity index (χ3v) is 3.18. The highest BCUT2D eigenvalue weighted by atomic mass is 16.5. The molecule has 0 aliphatic carbocycles. The Morgan fingerprint density at radius 2 is 2.22 bits per heavy atom. The lowest BCUT2D eigenvalue weighted by Crippen LogP contribution is -2.22. The number of para-hydroxylation sites is 1. The van der Waals surface area contributed by atoms with Crippen molar-refractivity contribution in [2.75, 3.05) is 6.61 Å². The summed E-state index contributed by atoms with van der Waals surface area (Å²) in [6, 6.07) is 10.6. The van der Waals surface area contributed by atoms with Crippen molar-refractivity contribution in [2.24, 2.45) is 0 Å². The fourth-order valence-corrected chi connectivity index (χ4v) is 2.29. The number of aryl methyl sites for hydroxylation is 1. The maximum Gasteiger partial charge on any atom is 0.124 e. The van der Waals surface area contributed by atoms with Crippen LogP contribution in [-0.4, -0.2) is 11.6 Å². The summed E-state index contributed by atoms with van der Waals surface area (Å²) in [4.78, 5) is 4.20. The number of ether oxygens (including phenoxy) is 1. The van der Waals surface area contributed by atoms with Crippen LogP contribution < -0.4 is 10.1 Å². The predicted octanol–water partition coefficient (Wildman–Crippen LogP) is 2.61. The van der Waals surface area contributed by atoms with Gasteiger partial charge in [-0.25, -0.2) is 0 Å². The van der Waals surface area contributed by atoms with Crippen molar-refractivity contribution in [1.29, 1.82) is 0 Å². The van der Waals surface area contributed by atoms with Crippen LogP contribution in [0.5, 0.6) is 5.75 Å². The second-order valence-corrected chi connectivity index (χ2v) is 4.65. The number of hydrogen-bond acceptors (Lipinski definition) is 3. The third kappa shape index (κ3) is 2.22. The lowest BCUT2D eigenvalue weighted by molar-refractivity contribution is 0.310. The SMILES string of the molecule is Cc1cncc(CNC2COc3ccccc32)c1. The van der Waals surface area contributed by atoms with Crippen molar-refractivity contribution in [2.45, 2.75) is 19.5 Å². The van der Waals surface area contributed by atoms with Gasteiger partial charge in [-0.3, -0.25) is 4.98 Å². The van der Waals surface area contributed by atoms with E-state index < -0.39 is 0 Å². The van der Waals surface area contributed by atoms with Gasteiger partial charge in [0.1, 0.15) is 12.4 Å². The molecular weight excluding hydrogens is 224 g/mol. The first-order valence-corrected chi connectivity index (χ1v) is 6.18. The monoisotopic (exact) mass is 240 g/mol. The Kier molecular flexibility index (Phi) is 2.99. The Morgan fingerprint density at radius 1 is 1.33 bits per heavy atom. The fraction of sp³-hybridized carbons (Fsp3) is 0.267. The van der Waals surface area contributed by atoms with E-state index in [2.05, 4.69) is 35.4 Å². The molecule has 3 rings (SSSR count). The fourth-order valence-electron chi connectivity index (χ4n) is 2.29. The van der Waals surface area contributed by atoms with E-state index in [0.717, 1.165) is 12.3 Å². The Labute approximate surface area is 107 Å². The minimum absolute atomic E-state index is 0.279. The second-order valence-electron chi connectivity index (χ2n) is 4.65. The average molecular weight is 240 g/mol. The number of rotatable bonds is 3. The lowest BCUT2D eigenvalue weighted by Gasteiger charge is -2.11. The van der Waals surface area contributed by atoms with Gasteiger partial charge in [0, 0.05) is 24.5 Å². The summed E-state index contributed by atoms with van der Waals surface area (Å²) in [6.07, 6.45) is 3.78. The van der Waals surface area contributed by atoms with Crippen LogP contribution in [0.25, 0.3) is 0 Å². The largest absolute Gasteiger partial charge is 0.491 e. The van der Waals surface area contributed by atoms with Gasteiger partial charge in [-0.2, -0.15) is 0 Å². The smallest absolute Gasteiger partial charge is 0.124 e. The maximum atomic E-state index is 5.65. The molecule has 0 saturated heterocycles. The lowest BCUT2D eigenvalue weighted by atomic mass is 10.1. The van der Waals surface area contributed by atoms with Gasteiger partial charge in [-0.1, -0.05) is 24.3 Å². The summed E-state index contributed by atoms with van der Waals surface area (Å²) < 4.78 is 5.65. The number of nitrogens with zero attached hydrogens (tertiary/aromatic N) is 1. The number of nitrogens with one attached hydrogen (secondary N) is 1. The average Bonchev–Trinajstić information content (AvgIpc) is 2.80. The summed E-state index contributed by atoms with van der Waals surface area (Å²) in [7, 11) is 0. The van der Waals surface area contributed by atoms with Gasteiger partial charge in [0.15, 0.2) is 0 Å². The van der Waals surface area contributed by atoms with Crippen LogP contribution in [0, 0.1) is 6.92 Å². The molecule has 1 N–H and O–H groups in total. The zero-order valence-electron chi connectivity index (χ0n) is 10.4. The Bertz CT molecular complexity index is 554. The molecule has 18 heavy (non-hydrogen) atoms. The van der Waals surface area contributed by atoms with E-state index in [0.29, 0.717) is 6.61 Å². The van der Waals surface area contributed by atoms with Gasteiger partial charge in [-0.15, -0.1) is 0 Å². The first-order valence-electron chi connectivity index (χ1n) is 6.18. The van der Waals surface area contributed by atoms with E-state index in [9.17, 15) is 0 Å². The van der Waals surface area contributed by atoms with Gasteiger partial charge in [0.2, 0.25) is 0 Å². The Hall–Kier alpha value is -1.87. The minimum Gasteiger partial charge on any atom is -0.491 e. The quantitative estimate of drug-likeness (QED) is 0.895. The van der Waals surface area contributed by atoms with Crippen LogP contribution in [0.15, 0.2) is 42.7 Å². The van der Waals surface area contributed by atoms with Crippen LogP contribution in [-0.2, 0) is 6.54 Å². The molecule has 0 bridgehead atoms.